The van der Waals surface area contributed by atoms with Gasteiger partial charge in [0.1, 0.15) is 0 Å². The van der Waals surface area contributed by atoms with Gasteiger partial charge in [0.2, 0.25) is 5.91 Å². The van der Waals surface area contributed by atoms with E-state index >= 15 is 0 Å². The molecule has 0 aromatic rings. The van der Waals surface area contributed by atoms with Crippen LogP contribution >= 0.6 is 0 Å². The molecule has 0 aromatic carbocycles. The smallest absolute Gasteiger partial charge is 0.305 e. The van der Waals surface area contributed by atoms with E-state index in [1.807, 2.05) is 0 Å². The molecule has 0 fully saturated rings. The molecule has 0 aliphatic carbocycles. The van der Waals surface area contributed by atoms with Crippen LogP contribution in [-0.2, 0) is 14.3 Å². The van der Waals surface area contributed by atoms with Crippen molar-refractivity contribution in [2.75, 3.05) is 13.2 Å². The monoisotopic (exact) mass is 1210 g/mol. The molecule has 6 nitrogen and oxygen atoms in total. The minimum atomic E-state index is -0.662. The Morgan fingerprint density at radius 1 is 0.326 bits per heavy atom. The minimum Gasteiger partial charge on any atom is -0.466 e. The first-order valence-electron chi connectivity index (χ1n) is 39.6. The predicted octanol–water partition coefficient (Wildman–Crippen LogP) is 26.0. The first-order chi connectivity index (χ1) is 42.5. The molecule has 3 N–H and O–H groups in total. The number of hydrogen-bond acceptors (Lipinski definition) is 5. The van der Waals surface area contributed by atoms with Gasteiger partial charge in [-0.2, -0.15) is 0 Å². The van der Waals surface area contributed by atoms with E-state index in [1.54, 1.807) is 0 Å². The van der Waals surface area contributed by atoms with Crippen molar-refractivity contribution < 1.29 is 24.5 Å². The topological polar surface area (TPSA) is 95.9 Å². The third-order valence-corrected chi connectivity index (χ3v) is 18.8. The molecule has 1 amide bonds. The van der Waals surface area contributed by atoms with Crippen LogP contribution in [0.15, 0.2) is 24.3 Å². The quantitative estimate of drug-likeness (QED) is 0.0320. The normalized spacial score (nSPS) is 12.6. The molecule has 0 saturated heterocycles. The van der Waals surface area contributed by atoms with Gasteiger partial charge in [-0.25, -0.2) is 0 Å². The van der Waals surface area contributed by atoms with Crippen molar-refractivity contribution >= 4 is 11.9 Å². The van der Waals surface area contributed by atoms with E-state index < -0.39 is 12.1 Å². The summed E-state index contributed by atoms with van der Waals surface area (Å²) in [5.74, 6) is -0.00549. The standard InChI is InChI=1S/C80H155NO5/c1-3-5-7-9-11-13-15-17-18-19-43-46-49-52-56-60-64-68-72-78(83)77(76-82)81-79(84)73-69-65-61-57-53-50-47-44-41-39-37-35-33-31-29-27-25-23-21-20-22-24-26-28-30-32-34-36-38-40-42-45-48-51-55-59-63-67-71-75-86-80(85)74-70-66-62-58-54-16-14-12-10-8-6-4-2/h20-21,24,26,77-78,82-83H,3-19,22-23,25,27-76H2,1-2H3,(H,81,84)/b21-20-,26-24-. The zero-order valence-corrected chi connectivity index (χ0v) is 58.6. The van der Waals surface area contributed by atoms with Crippen LogP contribution in [-0.4, -0.2) is 47.4 Å². The van der Waals surface area contributed by atoms with Crippen molar-refractivity contribution in [2.45, 2.75) is 463 Å². The van der Waals surface area contributed by atoms with Crippen LogP contribution in [0.4, 0.5) is 0 Å². The maximum absolute atomic E-state index is 12.5. The summed E-state index contributed by atoms with van der Waals surface area (Å²) in [6.45, 7) is 5.00. The fourth-order valence-electron chi connectivity index (χ4n) is 12.7. The number of ether oxygens (including phenoxy) is 1. The summed E-state index contributed by atoms with van der Waals surface area (Å²) in [5.41, 5.74) is 0. The molecule has 86 heavy (non-hydrogen) atoms. The molecule has 0 bridgehead atoms. The van der Waals surface area contributed by atoms with Crippen molar-refractivity contribution in [3.63, 3.8) is 0 Å². The van der Waals surface area contributed by atoms with Crippen LogP contribution in [0.1, 0.15) is 450 Å². The van der Waals surface area contributed by atoms with Gasteiger partial charge < -0.3 is 20.3 Å². The second-order valence-corrected chi connectivity index (χ2v) is 27.4. The van der Waals surface area contributed by atoms with Crippen molar-refractivity contribution in [2.24, 2.45) is 0 Å². The zero-order valence-electron chi connectivity index (χ0n) is 58.6. The predicted molar refractivity (Wildman–Crippen MR) is 380 cm³/mol. The average Bonchev–Trinajstić information content (AvgIpc) is 3.60. The highest BCUT2D eigenvalue weighted by Gasteiger charge is 2.20. The van der Waals surface area contributed by atoms with Gasteiger partial charge in [0.15, 0.2) is 0 Å². The van der Waals surface area contributed by atoms with Gasteiger partial charge in [-0.1, -0.05) is 404 Å². The largest absolute Gasteiger partial charge is 0.466 e. The lowest BCUT2D eigenvalue weighted by molar-refractivity contribution is -0.143. The summed E-state index contributed by atoms with van der Waals surface area (Å²) in [4.78, 5) is 24.6. The molecule has 0 aromatic heterocycles. The number of aliphatic hydroxyl groups is 2. The van der Waals surface area contributed by atoms with Crippen LogP contribution < -0.4 is 5.32 Å². The molecular weight excluding hydrogens is 1050 g/mol. The molecule has 0 spiro atoms. The Hall–Kier alpha value is -1.66. The number of carbonyl (C=O) groups excluding carboxylic acids is 2. The highest BCUT2D eigenvalue weighted by molar-refractivity contribution is 5.76. The van der Waals surface area contributed by atoms with Crippen LogP contribution in [0.5, 0.6) is 0 Å². The van der Waals surface area contributed by atoms with Crippen molar-refractivity contribution in [1.82, 2.24) is 5.32 Å². The summed E-state index contributed by atoms with van der Waals surface area (Å²) >= 11 is 0. The Balaban J connectivity index is 3.35. The summed E-state index contributed by atoms with van der Waals surface area (Å²) in [6.07, 6.45) is 97.1. The molecule has 0 saturated carbocycles. The van der Waals surface area contributed by atoms with E-state index in [9.17, 15) is 19.8 Å². The van der Waals surface area contributed by atoms with E-state index in [2.05, 4.69) is 43.5 Å². The Kier molecular flexibility index (Phi) is 74.3. The van der Waals surface area contributed by atoms with E-state index in [1.165, 1.54) is 372 Å². The van der Waals surface area contributed by atoms with Gasteiger partial charge in [0.25, 0.3) is 0 Å². The number of carbonyl (C=O) groups is 2. The van der Waals surface area contributed by atoms with Gasteiger partial charge in [0, 0.05) is 12.8 Å². The Morgan fingerprint density at radius 3 is 0.884 bits per heavy atom. The van der Waals surface area contributed by atoms with E-state index in [4.69, 9.17) is 4.74 Å². The number of esters is 1. The first kappa shape index (κ1) is 84.3. The summed E-state index contributed by atoms with van der Waals surface area (Å²) < 4.78 is 5.49. The third kappa shape index (κ3) is 71.4. The number of aliphatic hydroxyl groups excluding tert-OH is 2. The number of amides is 1. The van der Waals surface area contributed by atoms with Gasteiger partial charge in [-0.3, -0.25) is 9.59 Å². The molecule has 6 heteroatoms. The maximum Gasteiger partial charge on any atom is 0.305 e. The molecular formula is C80H155NO5. The first-order valence-corrected chi connectivity index (χ1v) is 39.6. The molecule has 0 radical (unpaired) electrons. The van der Waals surface area contributed by atoms with Gasteiger partial charge >= 0.3 is 5.97 Å². The van der Waals surface area contributed by atoms with Gasteiger partial charge in [-0.15, -0.1) is 0 Å². The highest BCUT2D eigenvalue weighted by Crippen LogP contribution is 2.20. The molecule has 2 atom stereocenters. The van der Waals surface area contributed by atoms with Crippen molar-refractivity contribution in [3.8, 4) is 0 Å². The fraction of sp³-hybridized carbons (Fsp3) is 0.925. The number of unbranched alkanes of at least 4 members (excludes halogenated alkanes) is 60. The Labute approximate surface area is 539 Å². The molecule has 0 heterocycles. The number of rotatable bonds is 75. The number of nitrogens with one attached hydrogen (secondary N) is 1. The van der Waals surface area contributed by atoms with E-state index in [0.29, 0.717) is 25.9 Å². The van der Waals surface area contributed by atoms with Crippen LogP contribution in [0.3, 0.4) is 0 Å². The van der Waals surface area contributed by atoms with E-state index in [-0.39, 0.29) is 18.5 Å². The molecule has 0 aliphatic heterocycles. The molecule has 2 unspecified atom stereocenters. The molecule has 510 valence electrons. The SMILES string of the molecule is CCCCCCCCCCCCCCCCCCCCC(O)C(CO)NC(=O)CCCCCCCCCCCCCCCCCCC/C=C\C/C=C\CCCCCCCCCCCCCCCCCOC(=O)CCCCCCCCCCCCCC. The number of hydrogen-bond donors (Lipinski definition) is 3. The second kappa shape index (κ2) is 75.8. The van der Waals surface area contributed by atoms with Crippen LogP contribution in [0, 0.1) is 0 Å². The Bertz CT molecular complexity index is 1350. The lowest BCUT2D eigenvalue weighted by Gasteiger charge is -2.22. The summed E-state index contributed by atoms with van der Waals surface area (Å²) in [5, 5.41) is 23.4. The maximum atomic E-state index is 12.5. The summed E-state index contributed by atoms with van der Waals surface area (Å²) in [6, 6.07) is -0.539. The Morgan fingerprint density at radius 2 is 0.581 bits per heavy atom. The molecule has 0 aliphatic rings. The van der Waals surface area contributed by atoms with E-state index in [0.717, 1.165) is 44.9 Å². The highest BCUT2D eigenvalue weighted by atomic mass is 16.5. The fourth-order valence-corrected chi connectivity index (χ4v) is 12.7. The summed E-state index contributed by atoms with van der Waals surface area (Å²) in [7, 11) is 0. The number of allylic oxidation sites excluding steroid dienone is 4. The van der Waals surface area contributed by atoms with Gasteiger partial charge in [0.05, 0.1) is 25.4 Å². The second-order valence-electron chi connectivity index (χ2n) is 27.4. The average molecular weight is 1210 g/mol. The van der Waals surface area contributed by atoms with Crippen molar-refractivity contribution in [1.29, 1.82) is 0 Å². The van der Waals surface area contributed by atoms with Crippen LogP contribution in [0.2, 0.25) is 0 Å². The third-order valence-electron chi connectivity index (χ3n) is 18.8. The molecule has 0 rings (SSSR count). The van der Waals surface area contributed by atoms with Crippen molar-refractivity contribution in [3.05, 3.63) is 24.3 Å². The van der Waals surface area contributed by atoms with Crippen LogP contribution in [0.25, 0.3) is 0 Å². The lowest BCUT2D eigenvalue weighted by Crippen LogP contribution is -2.45. The van der Waals surface area contributed by atoms with Gasteiger partial charge in [-0.05, 0) is 57.8 Å². The minimum absolute atomic E-state index is 0.0218. The zero-order chi connectivity index (χ0) is 62.0. The lowest BCUT2D eigenvalue weighted by atomic mass is 10.0.